The highest BCUT2D eigenvalue weighted by Gasteiger charge is 2.24. The van der Waals surface area contributed by atoms with Crippen LogP contribution in [-0.4, -0.2) is 45.4 Å². The van der Waals surface area contributed by atoms with Crippen LogP contribution in [0.5, 0.6) is 0 Å². The Bertz CT molecular complexity index is 1130. The Kier molecular flexibility index (Phi) is 6.52. The minimum atomic E-state index is -0.205. The Hall–Kier alpha value is -2.52. The summed E-state index contributed by atoms with van der Waals surface area (Å²) in [5, 5.41) is 7.51. The number of thiophene rings is 2. The van der Waals surface area contributed by atoms with Gasteiger partial charge in [-0.1, -0.05) is 19.9 Å². The molecular weight excluding hydrogens is 432 g/mol. The quantitative estimate of drug-likeness (QED) is 0.614. The number of hydrogen-bond donors (Lipinski definition) is 1. The van der Waals surface area contributed by atoms with Crippen LogP contribution < -0.4 is 10.9 Å². The topological polar surface area (TPSA) is 84.3 Å². The summed E-state index contributed by atoms with van der Waals surface area (Å²) < 4.78 is 1.38. The molecule has 9 heteroatoms. The zero-order valence-corrected chi connectivity index (χ0v) is 19.3. The van der Waals surface area contributed by atoms with Crippen LogP contribution in [0.2, 0.25) is 0 Å². The maximum atomic E-state index is 13.0. The summed E-state index contributed by atoms with van der Waals surface area (Å²) in [6, 6.07) is 3.95. The van der Waals surface area contributed by atoms with Gasteiger partial charge < -0.3 is 10.2 Å². The van der Waals surface area contributed by atoms with Gasteiger partial charge in [0.2, 0.25) is 11.8 Å². The van der Waals surface area contributed by atoms with Crippen molar-refractivity contribution in [1.82, 2.24) is 19.8 Å². The average molecular weight is 459 g/mol. The molecule has 1 saturated heterocycles. The van der Waals surface area contributed by atoms with Crippen molar-refractivity contribution < 1.29 is 9.59 Å². The molecule has 0 spiro atoms. The molecule has 164 valence electrons. The predicted octanol–water partition coefficient (Wildman–Crippen LogP) is 3.34. The lowest BCUT2D eigenvalue weighted by Crippen LogP contribution is -2.47. The van der Waals surface area contributed by atoms with Crippen molar-refractivity contribution in [2.45, 2.75) is 45.7 Å². The predicted molar refractivity (Wildman–Crippen MR) is 124 cm³/mol. The van der Waals surface area contributed by atoms with Crippen molar-refractivity contribution in [2.24, 2.45) is 5.92 Å². The van der Waals surface area contributed by atoms with Crippen molar-refractivity contribution in [2.75, 3.05) is 13.1 Å². The fourth-order valence-corrected chi connectivity index (χ4v) is 5.59. The van der Waals surface area contributed by atoms with E-state index < -0.39 is 0 Å². The Balaban J connectivity index is 1.39. The van der Waals surface area contributed by atoms with Crippen molar-refractivity contribution in [1.29, 1.82) is 0 Å². The van der Waals surface area contributed by atoms with E-state index in [0.29, 0.717) is 35.6 Å². The first-order chi connectivity index (χ1) is 14.9. The summed E-state index contributed by atoms with van der Waals surface area (Å²) in [7, 11) is 0. The molecule has 31 heavy (non-hydrogen) atoms. The highest BCUT2D eigenvalue weighted by molar-refractivity contribution is 7.18. The van der Waals surface area contributed by atoms with Gasteiger partial charge in [0.1, 0.15) is 11.4 Å². The normalized spacial score (nSPS) is 15.0. The Labute approximate surface area is 188 Å². The van der Waals surface area contributed by atoms with Crippen molar-refractivity contribution >= 4 is 44.7 Å². The van der Waals surface area contributed by atoms with E-state index in [2.05, 4.69) is 10.3 Å². The lowest BCUT2D eigenvalue weighted by molar-refractivity contribution is -0.133. The number of likely N-dealkylation sites (tertiary alicyclic amines) is 1. The van der Waals surface area contributed by atoms with E-state index in [1.807, 2.05) is 41.6 Å². The van der Waals surface area contributed by atoms with Gasteiger partial charge in [0.15, 0.2) is 0 Å². The van der Waals surface area contributed by atoms with Crippen LogP contribution >= 0.6 is 22.7 Å². The van der Waals surface area contributed by atoms with E-state index in [1.54, 1.807) is 11.3 Å². The molecule has 0 unspecified atom stereocenters. The van der Waals surface area contributed by atoms with E-state index in [1.165, 1.54) is 22.2 Å². The molecule has 1 N–H and O–H groups in total. The first kappa shape index (κ1) is 21.7. The Morgan fingerprint density at radius 3 is 2.71 bits per heavy atom. The smallest absolute Gasteiger partial charge is 0.263 e. The number of aromatic nitrogens is 2. The van der Waals surface area contributed by atoms with Gasteiger partial charge in [-0.05, 0) is 30.2 Å². The Morgan fingerprint density at radius 1 is 1.26 bits per heavy atom. The molecule has 1 fully saturated rings. The number of fused-ring (bicyclic) bond motifs is 1. The van der Waals surface area contributed by atoms with Gasteiger partial charge in [0, 0.05) is 41.4 Å². The largest absolute Gasteiger partial charge is 0.352 e. The molecule has 0 bridgehead atoms. The second-order valence-corrected chi connectivity index (χ2v) is 10.1. The number of carbonyl (C=O) groups is 2. The second kappa shape index (κ2) is 9.32. The van der Waals surface area contributed by atoms with E-state index in [4.69, 9.17) is 0 Å². The van der Waals surface area contributed by atoms with Crippen molar-refractivity contribution in [3.05, 3.63) is 39.6 Å². The standard InChI is InChI=1S/C22H26N4O3S2/c1-14(2)10-19(28)25-7-5-15(6-8-25)24-18(27)11-26-13-23-21-20(22(26)29)16(12-31-21)17-4-3-9-30-17/h3-4,9,12-15H,5-8,10-11H2,1-2H3,(H,24,27). The third-order valence-corrected chi connectivity index (χ3v) is 7.25. The van der Waals surface area contributed by atoms with Crippen molar-refractivity contribution in [3.63, 3.8) is 0 Å². The molecule has 4 heterocycles. The monoisotopic (exact) mass is 458 g/mol. The van der Waals surface area contributed by atoms with Gasteiger partial charge in [-0.15, -0.1) is 22.7 Å². The molecule has 0 aliphatic carbocycles. The van der Waals surface area contributed by atoms with Crippen LogP contribution in [0.1, 0.15) is 33.1 Å². The summed E-state index contributed by atoms with van der Waals surface area (Å²) in [5.41, 5.74) is 0.680. The third-order valence-electron chi connectivity index (χ3n) is 5.46. The van der Waals surface area contributed by atoms with E-state index in [0.717, 1.165) is 23.3 Å². The number of amides is 2. The fourth-order valence-electron chi connectivity index (χ4n) is 3.87. The summed E-state index contributed by atoms with van der Waals surface area (Å²) in [6.45, 7) is 5.33. The SMILES string of the molecule is CC(C)CC(=O)N1CCC(NC(=O)Cn2cnc3scc(-c4cccs4)c3c2=O)CC1. The zero-order valence-electron chi connectivity index (χ0n) is 17.7. The first-order valence-corrected chi connectivity index (χ1v) is 12.3. The summed E-state index contributed by atoms with van der Waals surface area (Å²) in [4.78, 5) is 45.8. The zero-order chi connectivity index (χ0) is 22.0. The Morgan fingerprint density at radius 2 is 2.03 bits per heavy atom. The van der Waals surface area contributed by atoms with Gasteiger partial charge in [-0.2, -0.15) is 0 Å². The molecule has 1 aliphatic rings. The number of nitrogens with zero attached hydrogens (tertiary/aromatic N) is 3. The van der Waals surface area contributed by atoms with Crippen molar-refractivity contribution in [3.8, 4) is 10.4 Å². The minimum Gasteiger partial charge on any atom is -0.352 e. The molecule has 0 radical (unpaired) electrons. The molecule has 0 aromatic carbocycles. The number of hydrogen-bond acceptors (Lipinski definition) is 6. The molecule has 1 aliphatic heterocycles. The maximum Gasteiger partial charge on any atom is 0.263 e. The number of carbonyl (C=O) groups excluding carboxylic acids is 2. The number of rotatable bonds is 6. The summed E-state index contributed by atoms with van der Waals surface area (Å²) >= 11 is 3.01. The van der Waals surface area contributed by atoms with Crippen LogP contribution in [0.4, 0.5) is 0 Å². The summed E-state index contributed by atoms with van der Waals surface area (Å²) in [5.74, 6) is 0.323. The summed E-state index contributed by atoms with van der Waals surface area (Å²) in [6.07, 6.45) is 3.47. The second-order valence-electron chi connectivity index (χ2n) is 8.31. The van der Waals surface area contributed by atoms with Crippen LogP contribution in [0.15, 0.2) is 34.0 Å². The lowest BCUT2D eigenvalue weighted by Gasteiger charge is -2.32. The van der Waals surface area contributed by atoms with Gasteiger partial charge in [-0.25, -0.2) is 4.98 Å². The van der Waals surface area contributed by atoms with E-state index in [9.17, 15) is 14.4 Å². The lowest BCUT2D eigenvalue weighted by atomic mass is 10.0. The molecule has 0 saturated carbocycles. The average Bonchev–Trinajstić information content (AvgIpc) is 3.40. The molecule has 7 nitrogen and oxygen atoms in total. The number of nitrogens with one attached hydrogen (secondary N) is 1. The fraction of sp³-hybridized carbons (Fsp3) is 0.455. The molecule has 4 rings (SSSR count). The van der Waals surface area contributed by atoms with Gasteiger partial charge in [0.05, 0.1) is 11.7 Å². The highest BCUT2D eigenvalue weighted by atomic mass is 32.1. The van der Waals surface area contributed by atoms with Gasteiger partial charge in [-0.3, -0.25) is 19.0 Å². The maximum absolute atomic E-state index is 13.0. The van der Waals surface area contributed by atoms with Gasteiger partial charge in [0.25, 0.3) is 5.56 Å². The molecule has 3 aromatic rings. The minimum absolute atomic E-state index is 0.0193. The molecule has 0 atom stereocenters. The van der Waals surface area contributed by atoms with E-state index in [-0.39, 0.29) is 30.0 Å². The van der Waals surface area contributed by atoms with Crippen LogP contribution in [0, 0.1) is 5.92 Å². The number of piperidine rings is 1. The molecule has 2 amide bonds. The van der Waals surface area contributed by atoms with Crippen LogP contribution in [-0.2, 0) is 16.1 Å². The first-order valence-electron chi connectivity index (χ1n) is 10.5. The molecular formula is C22H26N4O3S2. The molecule has 3 aromatic heterocycles. The highest BCUT2D eigenvalue weighted by Crippen LogP contribution is 2.33. The van der Waals surface area contributed by atoms with E-state index >= 15 is 0 Å². The third kappa shape index (κ3) is 4.88. The van der Waals surface area contributed by atoms with Crippen LogP contribution in [0.25, 0.3) is 20.7 Å². The van der Waals surface area contributed by atoms with Gasteiger partial charge >= 0.3 is 0 Å². The van der Waals surface area contributed by atoms with Crippen LogP contribution in [0.3, 0.4) is 0 Å².